The van der Waals surface area contributed by atoms with Crippen molar-refractivity contribution < 1.29 is 0 Å². The molecule has 3 N–H and O–H groups in total. The highest BCUT2D eigenvalue weighted by Gasteiger charge is 2.21. The van der Waals surface area contributed by atoms with Gasteiger partial charge in [-0.05, 0) is 31.0 Å². The number of hydrogen-bond donors (Lipinski definition) is 2. The Kier molecular flexibility index (Phi) is 3.34. The summed E-state index contributed by atoms with van der Waals surface area (Å²) in [6, 6.07) is 9.98. The van der Waals surface area contributed by atoms with E-state index in [9.17, 15) is 0 Å². The monoisotopic (exact) mass is 263 g/mol. The van der Waals surface area contributed by atoms with Crippen LogP contribution in [0.4, 0.5) is 11.9 Å². The highest BCUT2D eigenvalue weighted by molar-refractivity contribution is 6.28. The van der Waals surface area contributed by atoms with Gasteiger partial charge in [0.1, 0.15) is 0 Å². The molecule has 0 aliphatic rings. The van der Waals surface area contributed by atoms with E-state index in [-0.39, 0.29) is 16.8 Å². The quantitative estimate of drug-likeness (QED) is 0.890. The number of nitrogen functional groups attached to an aromatic ring is 1. The second-order valence-corrected chi connectivity index (χ2v) is 4.74. The zero-order chi connectivity index (χ0) is 13.2. The summed E-state index contributed by atoms with van der Waals surface area (Å²) in [7, 11) is 0. The molecule has 0 unspecified atom stereocenters. The third kappa shape index (κ3) is 2.87. The normalized spacial score (nSPS) is 11.3. The van der Waals surface area contributed by atoms with Gasteiger partial charge in [-0.3, -0.25) is 0 Å². The van der Waals surface area contributed by atoms with E-state index in [4.69, 9.17) is 17.3 Å². The molecule has 0 bridgehead atoms. The van der Waals surface area contributed by atoms with Crippen LogP contribution in [-0.2, 0) is 5.54 Å². The van der Waals surface area contributed by atoms with Crippen LogP contribution in [0, 0.1) is 0 Å². The van der Waals surface area contributed by atoms with Crippen LogP contribution >= 0.6 is 11.6 Å². The van der Waals surface area contributed by atoms with Crippen molar-refractivity contribution in [1.29, 1.82) is 0 Å². The fourth-order valence-corrected chi connectivity index (χ4v) is 1.79. The molecule has 18 heavy (non-hydrogen) atoms. The zero-order valence-corrected chi connectivity index (χ0v) is 10.9. The largest absolute Gasteiger partial charge is 0.368 e. The predicted molar refractivity (Wildman–Crippen MR) is 72.3 cm³/mol. The Morgan fingerprint density at radius 1 is 1.11 bits per heavy atom. The van der Waals surface area contributed by atoms with Crippen molar-refractivity contribution in [3.63, 3.8) is 0 Å². The number of rotatable bonds is 3. The molecule has 2 rings (SSSR count). The predicted octanol–water partition coefficient (Wildman–Crippen LogP) is 2.45. The number of aromatic nitrogens is 3. The van der Waals surface area contributed by atoms with E-state index in [1.807, 2.05) is 44.2 Å². The Labute approximate surface area is 110 Å². The van der Waals surface area contributed by atoms with Gasteiger partial charge >= 0.3 is 0 Å². The SMILES string of the molecule is CC(C)(Nc1nc(N)nc(Cl)n1)c1ccccc1. The second kappa shape index (κ2) is 4.78. The van der Waals surface area contributed by atoms with E-state index in [2.05, 4.69) is 20.3 Å². The number of halogens is 1. The smallest absolute Gasteiger partial charge is 0.229 e. The summed E-state index contributed by atoms with van der Waals surface area (Å²) < 4.78 is 0. The summed E-state index contributed by atoms with van der Waals surface area (Å²) in [6.07, 6.45) is 0. The van der Waals surface area contributed by atoms with Gasteiger partial charge in [-0.15, -0.1) is 0 Å². The minimum atomic E-state index is -0.335. The molecule has 0 spiro atoms. The minimum Gasteiger partial charge on any atom is -0.368 e. The lowest BCUT2D eigenvalue weighted by atomic mass is 9.95. The lowest BCUT2D eigenvalue weighted by Crippen LogP contribution is -2.29. The molecule has 6 heteroatoms. The third-order valence-electron chi connectivity index (χ3n) is 2.55. The fourth-order valence-electron chi connectivity index (χ4n) is 1.63. The Morgan fingerprint density at radius 3 is 2.39 bits per heavy atom. The van der Waals surface area contributed by atoms with E-state index in [0.717, 1.165) is 5.56 Å². The van der Waals surface area contributed by atoms with E-state index >= 15 is 0 Å². The molecule has 0 saturated carbocycles. The van der Waals surface area contributed by atoms with Gasteiger partial charge in [-0.25, -0.2) is 0 Å². The minimum absolute atomic E-state index is 0.0776. The van der Waals surface area contributed by atoms with Crippen molar-refractivity contribution in [2.75, 3.05) is 11.1 Å². The van der Waals surface area contributed by atoms with Gasteiger partial charge in [-0.2, -0.15) is 15.0 Å². The van der Waals surface area contributed by atoms with Crippen molar-refractivity contribution in [3.8, 4) is 0 Å². The Bertz CT molecular complexity index is 521. The first-order valence-corrected chi connectivity index (χ1v) is 5.86. The Morgan fingerprint density at radius 2 is 1.78 bits per heavy atom. The molecule has 0 radical (unpaired) electrons. The summed E-state index contributed by atoms with van der Waals surface area (Å²) in [5.41, 5.74) is 6.31. The van der Waals surface area contributed by atoms with Gasteiger partial charge in [0, 0.05) is 0 Å². The fraction of sp³-hybridized carbons (Fsp3) is 0.250. The lowest BCUT2D eigenvalue weighted by Gasteiger charge is -2.26. The zero-order valence-electron chi connectivity index (χ0n) is 10.2. The van der Waals surface area contributed by atoms with Crippen LogP contribution in [0.25, 0.3) is 0 Å². The van der Waals surface area contributed by atoms with Crippen molar-refractivity contribution in [3.05, 3.63) is 41.2 Å². The third-order valence-corrected chi connectivity index (χ3v) is 2.71. The van der Waals surface area contributed by atoms with Gasteiger partial charge < -0.3 is 11.1 Å². The molecule has 0 amide bonds. The molecule has 1 aromatic carbocycles. The first-order chi connectivity index (χ1) is 8.47. The lowest BCUT2D eigenvalue weighted by molar-refractivity contribution is 0.601. The van der Waals surface area contributed by atoms with E-state index in [0.29, 0.717) is 5.95 Å². The molecule has 1 aromatic heterocycles. The van der Waals surface area contributed by atoms with Gasteiger partial charge in [-0.1, -0.05) is 30.3 Å². The van der Waals surface area contributed by atoms with Gasteiger partial charge in [0.05, 0.1) is 5.54 Å². The molecule has 0 aliphatic carbocycles. The highest BCUT2D eigenvalue weighted by Crippen LogP contribution is 2.24. The Balaban J connectivity index is 2.27. The summed E-state index contributed by atoms with van der Waals surface area (Å²) in [5, 5.41) is 3.27. The number of nitrogens with two attached hydrogens (primary N) is 1. The highest BCUT2D eigenvalue weighted by atomic mass is 35.5. The average molecular weight is 264 g/mol. The van der Waals surface area contributed by atoms with E-state index in [1.54, 1.807) is 0 Å². The summed E-state index contributed by atoms with van der Waals surface area (Å²) in [6.45, 7) is 4.05. The van der Waals surface area contributed by atoms with Crippen LogP contribution in [0.15, 0.2) is 30.3 Å². The first-order valence-electron chi connectivity index (χ1n) is 5.48. The molecule has 5 nitrogen and oxygen atoms in total. The van der Waals surface area contributed by atoms with Gasteiger partial charge in [0.2, 0.25) is 17.2 Å². The number of benzene rings is 1. The van der Waals surface area contributed by atoms with E-state index < -0.39 is 0 Å². The molecular formula is C12H14ClN5. The Hall–Kier alpha value is -1.88. The molecule has 0 aliphatic heterocycles. The molecule has 0 saturated heterocycles. The maximum Gasteiger partial charge on any atom is 0.229 e. The summed E-state index contributed by atoms with van der Waals surface area (Å²) in [5.74, 6) is 0.461. The van der Waals surface area contributed by atoms with Crippen LogP contribution in [0.5, 0.6) is 0 Å². The maximum absolute atomic E-state index is 5.74. The number of nitrogens with zero attached hydrogens (tertiary/aromatic N) is 3. The topological polar surface area (TPSA) is 76.7 Å². The molecule has 1 heterocycles. The van der Waals surface area contributed by atoms with Crippen LogP contribution < -0.4 is 11.1 Å². The van der Waals surface area contributed by atoms with Crippen molar-refractivity contribution in [2.24, 2.45) is 0 Å². The van der Waals surface area contributed by atoms with Gasteiger partial charge in [0.15, 0.2) is 0 Å². The van der Waals surface area contributed by atoms with Crippen molar-refractivity contribution >= 4 is 23.5 Å². The van der Waals surface area contributed by atoms with Crippen LogP contribution in [0.3, 0.4) is 0 Å². The maximum atomic E-state index is 5.74. The number of anilines is 2. The van der Waals surface area contributed by atoms with Gasteiger partial charge in [0.25, 0.3) is 0 Å². The number of nitrogens with one attached hydrogen (secondary N) is 1. The van der Waals surface area contributed by atoms with Crippen LogP contribution in [0.1, 0.15) is 19.4 Å². The van der Waals surface area contributed by atoms with Crippen LogP contribution in [-0.4, -0.2) is 15.0 Å². The van der Waals surface area contributed by atoms with Crippen molar-refractivity contribution in [1.82, 2.24) is 15.0 Å². The number of hydrogen-bond acceptors (Lipinski definition) is 5. The van der Waals surface area contributed by atoms with Crippen molar-refractivity contribution in [2.45, 2.75) is 19.4 Å². The average Bonchev–Trinajstić information content (AvgIpc) is 2.28. The van der Waals surface area contributed by atoms with Crippen LogP contribution in [0.2, 0.25) is 5.28 Å². The molecular weight excluding hydrogens is 250 g/mol. The summed E-state index contributed by atoms with van der Waals surface area (Å²) >= 11 is 5.74. The van der Waals surface area contributed by atoms with E-state index in [1.165, 1.54) is 0 Å². The molecule has 94 valence electrons. The molecule has 0 fully saturated rings. The second-order valence-electron chi connectivity index (χ2n) is 4.40. The standard InChI is InChI=1S/C12H14ClN5/c1-12(2,8-6-4-3-5-7-8)18-11-16-9(13)15-10(14)17-11/h3-7H,1-2H3,(H3,14,15,16,17,18). The molecule has 0 atom stereocenters. The first kappa shape index (κ1) is 12.6. The molecule has 2 aromatic rings. The summed E-state index contributed by atoms with van der Waals surface area (Å²) in [4.78, 5) is 11.7.